The summed E-state index contributed by atoms with van der Waals surface area (Å²) in [6.45, 7) is 5.89. The van der Waals surface area contributed by atoms with Crippen LogP contribution in [0.4, 0.5) is 0 Å². The summed E-state index contributed by atoms with van der Waals surface area (Å²) in [7, 11) is 0. The van der Waals surface area contributed by atoms with E-state index in [1.54, 1.807) is 0 Å². The Balaban J connectivity index is 1.52. The smallest absolute Gasteiger partial charge is 0.225 e. The quantitative estimate of drug-likeness (QED) is 0.783. The molecule has 0 radical (unpaired) electrons. The fourth-order valence-corrected chi connectivity index (χ4v) is 3.18. The third-order valence-electron chi connectivity index (χ3n) is 4.70. The van der Waals surface area contributed by atoms with Crippen molar-refractivity contribution in [3.05, 3.63) is 65.2 Å². The molecule has 1 heterocycles. The molecule has 2 aromatic rings. The van der Waals surface area contributed by atoms with Crippen molar-refractivity contribution in [2.45, 2.75) is 32.7 Å². The Labute approximate surface area is 167 Å². The van der Waals surface area contributed by atoms with E-state index in [9.17, 15) is 4.79 Å². The second-order valence-corrected chi connectivity index (χ2v) is 7.08. The summed E-state index contributed by atoms with van der Waals surface area (Å²) < 4.78 is 10.7. The molecule has 4 heteroatoms. The zero-order chi connectivity index (χ0) is 19.8. The third-order valence-corrected chi connectivity index (χ3v) is 4.70. The van der Waals surface area contributed by atoms with Crippen molar-refractivity contribution in [1.82, 2.24) is 5.32 Å². The highest BCUT2D eigenvalue weighted by Gasteiger charge is 2.24. The lowest BCUT2D eigenvalue weighted by Crippen LogP contribution is -2.38. The van der Waals surface area contributed by atoms with Gasteiger partial charge in [-0.1, -0.05) is 24.0 Å². The molecule has 0 bridgehead atoms. The van der Waals surface area contributed by atoms with Crippen LogP contribution in [0.5, 0.6) is 5.75 Å². The van der Waals surface area contributed by atoms with Gasteiger partial charge in [0, 0.05) is 23.8 Å². The van der Waals surface area contributed by atoms with Crippen LogP contribution in [-0.2, 0) is 16.0 Å². The molecule has 28 heavy (non-hydrogen) atoms. The molecule has 1 N–H and O–H groups in total. The number of benzene rings is 2. The summed E-state index contributed by atoms with van der Waals surface area (Å²) in [6, 6.07) is 16.1. The summed E-state index contributed by atoms with van der Waals surface area (Å²) >= 11 is 0. The van der Waals surface area contributed by atoms with E-state index in [2.05, 4.69) is 29.3 Å². The second-order valence-electron chi connectivity index (χ2n) is 7.08. The number of carbonyl (C=O) groups is 1. The minimum atomic E-state index is 0.00250. The lowest BCUT2D eigenvalue weighted by molar-refractivity contribution is -0.125. The molecule has 2 aromatic carbocycles. The van der Waals surface area contributed by atoms with Gasteiger partial charge in [-0.3, -0.25) is 4.79 Å². The van der Waals surface area contributed by atoms with Gasteiger partial charge < -0.3 is 14.8 Å². The molecule has 1 saturated heterocycles. The molecule has 2 unspecified atom stereocenters. The van der Waals surface area contributed by atoms with E-state index < -0.39 is 0 Å². The maximum absolute atomic E-state index is 12.2. The largest absolute Gasteiger partial charge is 0.494 e. The van der Waals surface area contributed by atoms with Gasteiger partial charge in [-0.15, -0.1) is 0 Å². The topological polar surface area (TPSA) is 47.6 Å². The van der Waals surface area contributed by atoms with Crippen LogP contribution in [0.2, 0.25) is 0 Å². The Morgan fingerprint density at radius 2 is 1.79 bits per heavy atom. The number of nitrogens with one attached hydrogen (secondary N) is 1. The average Bonchev–Trinajstić information content (AvgIpc) is 3.24. The first-order chi connectivity index (χ1) is 13.6. The first-order valence-corrected chi connectivity index (χ1v) is 9.86. The molecule has 3 rings (SSSR count). The second kappa shape index (κ2) is 9.96. The average molecular weight is 377 g/mol. The van der Waals surface area contributed by atoms with Gasteiger partial charge in [-0.2, -0.15) is 0 Å². The van der Waals surface area contributed by atoms with Crippen molar-refractivity contribution in [2.24, 2.45) is 5.92 Å². The van der Waals surface area contributed by atoms with Crippen molar-refractivity contribution >= 4 is 5.91 Å². The summed E-state index contributed by atoms with van der Waals surface area (Å²) in [5, 5.41) is 3.09. The number of hydrogen-bond acceptors (Lipinski definition) is 3. The lowest BCUT2D eigenvalue weighted by atomic mass is 10.0. The molecular weight excluding hydrogens is 350 g/mol. The fourth-order valence-electron chi connectivity index (χ4n) is 3.18. The van der Waals surface area contributed by atoms with Gasteiger partial charge in [0.15, 0.2) is 0 Å². The maximum Gasteiger partial charge on any atom is 0.225 e. The van der Waals surface area contributed by atoms with Crippen LogP contribution in [0.3, 0.4) is 0 Å². The van der Waals surface area contributed by atoms with Crippen LogP contribution in [-0.4, -0.2) is 31.8 Å². The Morgan fingerprint density at radius 1 is 1.14 bits per heavy atom. The monoisotopic (exact) mass is 377 g/mol. The Kier molecular flexibility index (Phi) is 7.11. The van der Waals surface area contributed by atoms with Crippen molar-refractivity contribution in [3.8, 4) is 17.6 Å². The van der Waals surface area contributed by atoms with E-state index in [1.165, 1.54) is 5.56 Å². The SMILES string of the molecule is CCOc1ccc(C#Cc2ccc(CC(C)NC(=O)C3CCOC3)cc2)cc1. The number of ether oxygens (including phenoxy) is 2. The third kappa shape index (κ3) is 5.87. The highest BCUT2D eigenvalue weighted by atomic mass is 16.5. The first kappa shape index (κ1) is 20.0. The predicted octanol–water partition coefficient (Wildman–Crippen LogP) is 3.57. The van der Waals surface area contributed by atoms with Gasteiger partial charge in [0.05, 0.1) is 19.1 Å². The van der Waals surface area contributed by atoms with Crippen molar-refractivity contribution in [1.29, 1.82) is 0 Å². The maximum atomic E-state index is 12.2. The Bertz CT molecular complexity index is 825. The highest BCUT2D eigenvalue weighted by molar-refractivity contribution is 5.79. The van der Waals surface area contributed by atoms with Crippen LogP contribution in [0.25, 0.3) is 0 Å². The number of carbonyl (C=O) groups excluding carboxylic acids is 1. The molecule has 0 saturated carbocycles. The van der Waals surface area contributed by atoms with E-state index in [-0.39, 0.29) is 17.9 Å². The number of amides is 1. The van der Waals surface area contributed by atoms with E-state index in [0.717, 1.165) is 29.7 Å². The van der Waals surface area contributed by atoms with E-state index in [0.29, 0.717) is 19.8 Å². The lowest BCUT2D eigenvalue weighted by Gasteiger charge is -2.16. The highest BCUT2D eigenvalue weighted by Crippen LogP contribution is 2.14. The van der Waals surface area contributed by atoms with Gasteiger partial charge in [-0.25, -0.2) is 0 Å². The van der Waals surface area contributed by atoms with E-state index in [1.807, 2.05) is 50.2 Å². The van der Waals surface area contributed by atoms with Crippen molar-refractivity contribution in [2.75, 3.05) is 19.8 Å². The molecule has 4 nitrogen and oxygen atoms in total. The summed E-state index contributed by atoms with van der Waals surface area (Å²) in [4.78, 5) is 12.2. The standard InChI is InChI=1S/C24H27NO3/c1-3-28-23-12-10-20(11-13-23)5-4-19-6-8-21(9-7-19)16-18(2)25-24(26)22-14-15-27-17-22/h6-13,18,22H,3,14-17H2,1-2H3,(H,25,26). The molecular formula is C24H27NO3. The van der Waals surface area contributed by atoms with E-state index >= 15 is 0 Å². The van der Waals surface area contributed by atoms with Gasteiger partial charge in [-0.05, 0) is 68.7 Å². The minimum absolute atomic E-state index is 0.00250. The fraction of sp³-hybridized carbons (Fsp3) is 0.375. The van der Waals surface area contributed by atoms with Crippen LogP contribution >= 0.6 is 0 Å². The molecule has 0 aromatic heterocycles. The van der Waals surface area contributed by atoms with Crippen LogP contribution in [0.15, 0.2) is 48.5 Å². The predicted molar refractivity (Wildman–Crippen MR) is 110 cm³/mol. The van der Waals surface area contributed by atoms with E-state index in [4.69, 9.17) is 9.47 Å². The molecule has 0 spiro atoms. The normalized spacial score (nSPS) is 16.7. The van der Waals surface area contributed by atoms with Crippen molar-refractivity contribution < 1.29 is 14.3 Å². The zero-order valence-electron chi connectivity index (χ0n) is 16.5. The molecule has 1 amide bonds. The number of hydrogen-bond donors (Lipinski definition) is 1. The van der Waals surface area contributed by atoms with Gasteiger partial charge in [0.25, 0.3) is 0 Å². The van der Waals surface area contributed by atoms with Gasteiger partial charge in [0.2, 0.25) is 5.91 Å². The Hall–Kier alpha value is -2.77. The molecule has 1 aliphatic heterocycles. The van der Waals surface area contributed by atoms with Crippen LogP contribution in [0.1, 0.15) is 37.0 Å². The summed E-state index contributed by atoms with van der Waals surface area (Å²) in [6.07, 6.45) is 1.62. The van der Waals surface area contributed by atoms with Gasteiger partial charge >= 0.3 is 0 Å². The molecule has 0 aliphatic carbocycles. The molecule has 1 aliphatic rings. The van der Waals surface area contributed by atoms with Crippen LogP contribution < -0.4 is 10.1 Å². The van der Waals surface area contributed by atoms with Crippen LogP contribution in [0, 0.1) is 17.8 Å². The van der Waals surface area contributed by atoms with Crippen molar-refractivity contribution in [3.63, 3.8) is 0 Å². The number of rotatable bonds is 6. The summed E-state index contributed by atoms with van der Waals surface area (Å²) in [5.74, 6) is 7.32. The minimum Gasteiger partial charge on any atom is -0.494 e. The summed E-state index contributed by atoms with van der Waals surface area (Å²) in [5.41, 5.74) is 3.11. The zero-order valence-corrected chi connectivity index (χ0v) is 16.5. The molecule has 1 fully saturated rings. The molecule has 2 atom stereocenters. The molecule has 146 valence electrons. The first-order valence-electron chi connectivity index (χ1n) is 9.86. The van der Waals surface area contributed by atoms with Gasteiger partial charge in [0.1, 0.15) is 5.75 Å². The Morgan fingerprint density at radius 3 is 2.36 bits per heavy atom.